The van der Waals surface area contributed by atoms with Crippen molar-refractivity contribution < 1.29 is 14.3 Å². The molecule has 0 aliphatic heterocycles. The third kappa shape index (κ3) is 6.44. The molecule has 0 bridgehead atoms. The molecule has 0 saturated carbocycles. The molecule has 0 radical (unpaired) electrons. The number of aryl methyl sites for hydroxylation is 1. The summed E-state index contributed by atoms with van der Waals surface area (Å²) in [4.78, 5) is 40.2. The molecule has 0 aliphatic rings. The number of H-pyrrole nitrogens is 1. The first kappa shape index (κ1) is 26.6. The lowest BCUT2D eigenvalue weighted by Crippen LogP contribution is -2.25. The van der Waals surface area contributed by atoms with Gasteiger partial charge in [0.1, 0.15) is 29.0 Å². The molecule has 0 unspecified atom stereocenters. The summed E-state index contributed by atoms with van der Waals surface area (Å²) in [5.41, 5.74) is 2.31. The van der Waals surface area contributed by atoms with Crippen molar-refractivity contribution >= 4 is 52.6 Å². The molecular formula is C25H23Cl2N7O4. The third-order valence-corrected chi connectivity index (χ3v) is 6.11. The Labute approximate surface area is 227 Å². The van der Waals surface area contributed by atoms with Crippen LogP contribution in [0.2, 0.25) is 10.0 Å². The fourth-order valence-electron chi connectivity index (χ4n) is 3.36. The van der Waals surface area contributed by atoms with Gasteiger partial charge in [-0.2, -0.15) is 0 Å². The van der Waals surface area contributed by atoms with Crippen LogP contribution in [0.25, 0.3) is 5.69 Å². The van der Waals surface area contributed by atoms with E-state index in [4.69, 9.17) is 27.9 Å². The number of pyridine rings is 1. The number of carbonyl (C=O) groups is 2. The molecule has 0 aliphatic carbocycles. The number of aromatic nitrogens is 3. The maximum Gasteiger partial charge on any atom is 0.324 e. The largest absolute Gasteiger partial charge is 0.487 e. The molecule has 2 heterocycles. The van der Waals surface area contributed by atoms with Crippen LogP contribution >= 0.6 is 23.2 Å². The van der Waals surface area contributed by atoms with Gasteiger partial charge in [0, 0.05) is 19.3 Å². The Hall–Kier alpha value is -4.48. The number of urea groups is 2. The number of nitrogens with zero attached hydrogens (tertiary/aromatic N) is 2. The van der Waals surface area contributed by atoms with Crippen LogP contribution in [-0.2, 0) is 6.61 Å². The van der Waals surface area contributed by atoms with Gasteiger partial charge < -0.3 is 15.4 Å². The van der Waals surface area contributed by atoms with Crippen LogP contribution < -0.4 is 31.6 Å². The molecule has 38 heavy (non-hydrogen) atoms. The first-order valence-electron chi connectivity index (χ1n) is 11.2. The Bertz CT molecular complexity index is 1530. The van der Waals surface area contributed by atoms with Crippen molar-refractivity contribution in [2.24, 2.45) is 0 Å². The maximum atomic E-state index is 12.7. The second kappa shape index (κ2) is 11.7. The van der Waals surface area contributed by atoms with E-state index >= 15 is 0 Å². The predicted octanol–water partition coefficient (Wildman–Crippen LogP) is 5.15. The number of halogens is 2. The molecule has 2 aromatic carbocycles. The van der Waals surface area contributed by atoms with E-state index in [1.807, 2.05) is 31.2 Å². The Kier molecular flexibility index (Phi) is 8.19. The fraction of sp³-hybridized carbons (Fsp3) is 0.120. The second-order valence-electron chi connectivity index (χ2n) is 8.04. The van der Waals surface area contributed by atoms with E-state index in [1.165, 1.54) is 24.0 Å². The van der Waals surface area contributed by atoms with Gasteiger partial charge in [-0.3, -0.25) is 20.5 Å². The minimum absolute atomic E-state index is 0.0704. The molecule has 4 rings (SSSR count). The molecule has 2 aromatic heterocycles. The van der Waals surface area contributed by atoms with Crippen LogP contribution in [0, 0.1) is 6.92 Å². The Morgan fingerprint density at radius 3 is 2.47 bits per heavy atom. The summed E-state index contributed by atoms with van der Waals surface area (Å²) in [6, 6.07) is 14.1. The van der Waals surface area contributed by atoms with Crippen molar-refractivity contribution in [1.29, 1.82) is 0 Å². The van der Waals surface area contributed by atoms with Crippen molar-refractivity contribution in [2.75, 3.05) is 23.0 Å². The van der Waals surface area contributed by atoms with Crippen LogP contribution in [0.1, 0.15) is 11.1 Å². The van der Waals surface area contributed by atoms with E-state index in [0.29, 0.717) is 17.3 Å². The lowest BCUT2D eigenvalue weighted by atomic mass is 10.2. The van der Waals surface area contributed by atoms with Gasteiger partial charge in [-0.05, 0) is 48.9 Å². The number of aromatic amines is 1. The van der Waals surface area contributed by atoms with Crippen molar-refractivity contribution in [2.45, 2.75) is 13.5 Å². The first-order chi connectivity index (χ1) is 18.2. The summed E-state index contributed by atoms with van der Waals surface area (Å²) < 4.78 is 7.24. The van der Waals surface area contributed by atoms with E-state index in [2.05, 4.69) is 31.3 Å². The summed E-state index contributed by atoms with van der Waals surface area (Å²) in [7, 11) is 1.50. The minimum Gasteiger partial charge on any atom is -0.487 e. The third-order valence-electron chi connectivity index (χ3n) is 5.25. The average Bonchev–Trinajstić information content (AvgIpc) is 3.26. The highest BCUT2D eigenvalue weighted by Gasteiger charge is 2.16. The van der Waals surface area contributed by atoms with E-state index in [0.717, 1.165) is 11.1 Å². The topological polar surface area (TPSA) is 142 Å². The summed E-state index contributed by atoms with van der Waals surface area (Å²) in [5.74, 6) is 0.885. The van der Waals surface area contributed by atoms with Gasteiger partial charge in [0.25, 0.3) is 5.56 Å². The maximum absolute atomic E-state index is 12.7. The van der Waals surface area contributed by atoms with Gasteiger partial charge in [0.15, 0.2) is 0 Å². The zero-order chi connectivity index (χ0) is 27.2. The molecule has 5 N–H and O–H groups in total. The number of rotatable bonds is 7. The average molecular weight is 556 g/mol. The molecule has 196 valence electrons. The van der Waals surface area contributed by atoms with Gasteiger partial charge in [0.05, 0.1) is 16.4 Å². The monoisotopic (exact) mass is 555 g/mol. The van der Waals surface area contributed by atoms with E-state index in [9.17, 15) is 14.4 Å². The highest BCUT2D eigenvalue weighted by Crippen LogP contribution is 2.38. The lowest BCUT2D eigenvalue weighted by molar-refractivity contribution is 0.253. The number of hydrogen-bond donors (Lipinski definition) is 5. The van der Waals surface area contributed by atoms with E-state index < -0.39 is 12.1 Å². The smallest absolute Gasteiger partial charge is 0.324 e. The van der Waals surface area contributed by atoms with Crippen LogP contribution in [0.5, 0.6) is 5.75 Å². The summed E-state index contributed by atoms with van der Waals surface area (Å²) in [6.45, 7) is 2.07. The lowest BCUT2D eigenvalue weighted by Gasteiger charge is -2.14. The quantitative estimate of drug-likeness (QED) is 0.214. The zero-order valence-corrected chi connectivity index (χ0v) is 21.8. The second-order valence-corrected chi connectivity index (χ2v) is 8.79. The SMILES string of the molecule is CNC(=O)Nc1cc(COc2ccc(NC(=O)Nc3cc(=O)[nH]n3-c3ccc(C)cc3)c(Cl)c2Cl)ccn1. The Balaban J connectivity index is 1.42. The van der Waals surface area contributed by atoms with Gasteiger partial charge in [-0.25, -0.2) is 19.3 Å². The van der Waals surface area contributed by atoms with Crippen LogP contribution in [0.15, 0.2) is 65.6 Å². The minimum atomic E-state index is -0.635. The normalized spacial score (nSPS) is 10.5. The molecule has 0 atom stereocenters. The molecule has 4 amide bonds. The molecule has 13 heteroatoms. The zero-order valence-electron chi connectivity index (χ0n) is 20.3. The van der Waals surface area contributed by atoms with E-state index in [-0.39, 0.29) is 33.7 Å². The molecule has 0 spiro atoms. The molecule has 0 fully saturated rings. The number of anilines is 3. The number of benzene rings is 2. The van der Waals surface area contributed by atoms with Crippen LogP contribution in [-0.4, -0.2) is 33.9 Å². The first-order valence-corrected chi connectivity index (χ1v) is 12.0. The predicted molar refractivity (Wildman–Crippen MR) is 147 cm³/mol. The summed E-state index contributed by atoms with van der Waals surface area (Å²) >= 11 is 12.8. The van der Waals surface area contributed by atoms with Gasteiger partial charge in [-0.1, -0.05) is 40.9 Å². The summed E-state index contributed by atoms with van der Waals surface area (Å²) in [5, 5.41) is 13.1. The van der Waals surface area contributed by atoms with Gasteiger partial charge in [0.2, 0.25) is 0 Å². The molecule has 4 aromatic rings. The number of ether oxygens (including phenoxy) is 1. The van der Waals surface area contributed by atoms with Crippen LogP contribution in [0.4, 0.5) is 26.9 Å². The molecular weight excluding hydrogens is 533 g/mol. The molecule has 11 nitrogen and oxygen atoms in total. The highest BCUT2D eigenvalue weighted by atomic mass is 35.5. The fourth-order valence-corrected chi connectivity index (χ4v) is 3.79. The van der Waals surface area contributed by atoms with Crippen molar-refractivity contribution in [3.05, 3.63) is 92.3 Å². The van der Waals surface area contributed by atoms with Gasteiger partial charge >= 0.3 is 12.1 Å². The molecule has 0 saturated heterocycles. The van der Waals surface area contributed by atoms with Crippen molar-refractivity contribution in [3.8, 4) is 11.4 Å². The number of hydrogen-bond acceptors (Lipinski definition) is 5. The number of carbonyl (C=O) groups excluding carboxylic acids is 2. The Morgan fingerprint density at radius 1 is 0.974 bits per heavy atom. The number of amides is 4. The van der Waals surface area contributed by atoms with Crippen LogP contribution in [0.3, 0.4) is 0 Å². The number of nitrogens with one attached hydrogen (secondary N) is 5. The van der Waals surface area contributed by atoms with Crippen molar-refractivity contribution in [3.63, 3.8) is 0 Å². The highest BCUT2D eigenvalue weighted by molar-refractivity contribution is 6.45. The Morgan fingerprint density at radius 2 is 1.74 bits per heavy atom. The van der Waals surface area contributed by atoms with E-state index in [1.54, 1.807) is 24.3 Å². The standard InChI is InChI=1S/C25H23Cl2N7O4/c1-14-3-5-16(6-4-14)34-20(12-21(35)33-34)32-25(37)30-17-7-8-18(23(27)22(17)26)38-13-15-9-10-29-19(11-15)31-24(36)28-2/h3-12H,13H2,1-2H3,(H,33,35)(H2,30,32,37)(H2,28,29,31,36). The van der Waals surface area contributed by atoms with Gasteiger partial charge in [-0.15, -0.1) is 0 Å². The van der Waals surface area contributed by atoms with Crippen molar-refractivity contribution in [1.82, 2.24) is 20.1 Å². The summed E-state index contributed by atoms with van der Waals surface area (Å²) in [6.07, 6.45) is 1.53.